The van der Waals surface area contributed by atoms with Crippen molar-refractivity contribution in [2.45, 2.75) is 46.5 Å². The predicted molar refractivity (Wildman–Crippen MR) is 117 cm³/mol. The molecule has 1 N–H and O–H groups in total. The largest absolute Gasteiger partial charge is 0.494 e. The predicted octanol–water partition coefficient (Wildman–Crippen LogP) is 4.59. The highest BCUT2D eigenvalue weighted by Gasteiger charge is 2.24. The summed E-state index contributed by atoms with van der Waals surface area (Å²) in [7, 11) is 0. The van der Waals surface area contributed by atoms with E-state index in [9.17, 15) is 9.59 Å². The van der Waals surface area contributed by atoms with Crippen LogP contribution in [0.25, 0.3) is 0 Å². The van der Waals surface area contributed by atoms with Gasteiger partial charge in [-0.25, -0.2) is 0 Å². The molecule has 0 saturated heterocycles. The second-order valence-electron chi connectivity index (χ2n) is 7.87. The van der Waals surface area contributed by atoms with Gasteiger partial charge in [-0.05, 0) is 67.1 Å². The van der Waals surface area contributed by atoms with Crippen molar-refractivity contribution in [1.29, 1.82) is 0 Å². The third-order valence-electron chi connectivity index (χ3n) is 5.09. The molecule has 154 valence electrons. The Morgan fingerprint density at radius 2 is 1.90 bits per heavy atom. The molecule has 0 aliphatic carbocycles. The summed E-state index contributed by atoms with van der Waals surface area (Å²) in [6, 6.07) is 13.4. The Kier molecular flexibility index (Phi) is 6.91. The van der Waals surface area contributed by atoms with Crippen molar-refractivity contribution < 1.29 is 14.3 Å². The SMILES string of the molecule is CCOc1ccc(CC(=O)Nc2ccc3c(c2)CCC(=O)N3CCC(C)C)cc1. The number of benzene rings is 2. The van der Waals surface area contributed by atoms with Crippen LogP contribution in [0.4, 0.5) is 11.4 Å². The van der Waals surface area contributed by atoms with E-state index >= 15 is 0 Å². The van der Waals surface area contributed by atoms with Crippen molar-refractivity contribution in [2.24, 2.45) is 5.92 Å². The first-order chi connectivity index (χ1) is 14.0. The van der Waals surface area contributed by atoms with Crippen LogP contribution in [0.15, 0.2) is 42.5 Å². The Morgan fingerprint density at radius 3 is 2.59 bits per heavy atom. The van der Waals surface area contributed by atoms with E-state index in [1.807, 2.05) is 54.3 Å². The van der Waals surface area contributed by atoms with E-state index in [2.05, 4.69) is 19.2 Å². The van der Waals surface area contributed by atoms with Crippen LogP contribution in [-0.4, -0.2) is 25.0 Å². The fourth-order valence-corrected chi connectivity index (χ4v) is 3.53. The van der Waals surface area contributed by atoms with Crippen LogP contribution >= 0.6 is 0 Å². The minimum Gasteiger partial charge on any atom is -0.494 e. The molecular weight excluding hydrogens is 364 g/mol. The lowest BCUT2D eigenvalue weighted by molar-refractivity contribution is -0.119. The molecule has 0 unspecified atom stereocenters. The topological polar surface area (TPSA) is 58.6 Å². The van der Waals surface area contributed by atoms with Gasteiger partial charge in [-0.2, -0.15) is 0 Å². The number of aryl methyl sites for hydroxylation is 1. The molecule has 0 saturated carbocycles. The number of nitrogens with zero attached hydrogens (tertiary/aromatic N) is 1. The molecule has 1 aliphatic rings. The minimum atomic E-state index is -0.0577. The van der Waals surface area contributed by atoms with Crippen molar-refractivity contribution in [3.05, 3.63) is 53.6 Å². The van der Waals surface area contributed by atoms with E-state index in [0.717, 1.165) is 47.6 Å². The van der Waals surface area contributed by atoms with Crippen LogP contribution < -0.4 is 15.0 Å². The first kappa shape index (κ1) is 20.9. The van der Waals surface area contributed by atoms with Gasteiger partial charge in [0.05, 0.1) is 13.0 Å². The Morgan fingerprint density at radius 1 is 1.14 bits per heavy atom. The Labute approximate surface area is 173 Å². The van der Waals surface area contributed by atoms with Crippen LogP contribution in [0.2, 0.25) is 0 Å². The number of carbonyl (C=O) groups excluding carboxylic acids is 2. The molecule has 3 rings (SSSR count). The third kappa shape index (κ3) is 5.59. The van der Waals surface area contributed by atoms with E-state index in [4.69, 9.17) is 4.74 Å². The first-order valence-corrected chi connectivity index (χ1v) is 10.4. The summed E-state index contributed by atoms with van der Waals surface area (Å²) in [6.45, 7) is 7.64. The standard InChI is InChI=1S/C24H30N2O3/c1-4-29-21-9-5-18(6-10-21)15-23(27)25-20-8-11-22-19(16-20)7-12-24(28)26(22)14-13-17(2)3/h5-6,8-11,16-17H,4,7,12-15H2,1-3H3,(H,25,27). The molecular formula is C24H30N2O3. The van der Waals surface area contributed by atoms with Crippen molar-refractivity contribution in [3.8, 4) is 5.75 Å². The average Bonchev–Trinajstić information content (AvgIpc) is 2.69. The van der Waals surface area contributed by atoms with Crippen molar-refractivity contribution in [1.82, 2.24) is 0 Å². The zero-order valence-corrected chi connectivity index (χ0v) is 17.5. The normalized spacial score (nSPS) is 13.4. The molecule has 2 amide bonds. The number of ether oxygens (including phenoxy) is 1. The van der Waals surface area contributed by atoms with Crippen LogP contribution in [0.3, 0.4) is 0 Å². The molecule has 0 aromatic heterocycles. The molecule has 2 aromatic rings. The van der Waals surface area contributed by atoms with Crippen molar-refractivity contribution >= 4 is 23.2 Å². The Balaban J connectivity index is 1.64. The van der Waals surface area contributed by atoms with Gasteiger partial charge in [-0.1, -0.05) is 26.0 Å². The molecule has 0 radical (unpaired) electrons. The van der Waals surface area contributed by atoms with E-state index in [1.165, 1.54) is 0 Å². The van der Waals surface area contributed by atoms with Crippen LogP contribution in [0.1, 0.15) is 44.7 Å². The summed E-state index contributed by atoms with van der Waals surface area (Å²) < 4.78 is 5.43. The summed E-state index contributed by atoms with van der Waals surface area (Å²) in [6.07, 6.45) is 2.53. The van der Waals surface area contributed by atoms with Gasteiger partial charge in [0.1, 0.15) is 5.75 Å². The quantitative estimate of drug-likeness (QED) is 0.712. The number of carbonyl (C=O) groups is 2. The minimum absolute atomic E-state index is 0.0577. The fraction of sp³-hybridized carbons (Fsp3) is 0.417. The maximum Gasteiger partial charge on any atom is 0.228 e. The van der Waals surface area contributed by atoms with E-state index in [1.54, 1.807) is 0 Å². The van der Waals surface area contributed by atoms with Gasteiger partial charge >= 0.3 is 0 Å². The number of rotatable bonds is 8. The fourth-order valence-electron chi connectivity index (χ4n) is 3.53. The zero-order valence-electron chi connectivity index (χ0n) is 17.5. The van der Waals surface area contributed by atoms with Gasteiger partial charge < -0.3 is 15.0 Å². The molecule has 0 bridgehead atoms. The maximum atomic E-state index is 12.4. The van der Waals surface area contributed by atoms with Crippen molar-refractivity contribution in [2.75, 3.05) is 23.4 Å². The second-order valence-corrected chi connectivity index (χ2v) is 7.87. The molecule has 5 heteroatoms. The summed E-state index contributed by atoms with van der Waals surface area (Å²) in [4.78, 5) is 26.7. The van der Waals surface area contributed by atoms with Gasteiger partial charge in [-0.3, -0.25) is 9.59 Å². The van der Waals surface area contributed by atoms with Crippen LogP contribution in [-0.2, 0) is 22.4 Å². The molecule has 29 heavy (non-hydrogen) atoms. The van der Waals surface area contributed by atoms with Crippen LogP contribution in [0.5, 0.6) is 5.75 Å². The smallest absolute Gasteiger partial charge is 0.228 e. The molecule has 1 heterocycles. The number of hydrogen-bond acceptors (Lipinski definition) is 3. The summed E-state index contributed by atoms with van der Waals surface area (Å²) in [5, 5.41) is 2.98. The molecule has 5 nitrogen and oxygen atoms in total. The number of fused-ring (bicyclic) bond motifs is 1. The van der Waals surface area contributed by atoms with Crippen LogP contribution in [0, 0.1) is 5.92 Å². The lowest BCUT2D eigenvalue weighted by Crippen LogP contribution is -2.36. The van der Waals surface area contributed by atoms with Gasteiger partial charge in [-0.15, -0.1) is 0 Å². The Hall–Kier alpha value is -2.82. The van der Waals surface area contributed by atoms with Gasteiger partial charge in [0, 0.05) is 24.3 Å². The highest BCUT2D eigenvalue weighted by molar-refractivity contribution is 5.98. The van der Waals surface area contributed by atoms with E-state index in [-0.39, 0.29) is 11.8 Å². The van der Waals surface area contributed by atoms with E-state index < -0.39 is 0 Å². The first-order valence-electron chi connectivity index (χ1n) is 10.4. The summed E-state index contributed by atoms with van der Waals surface area (Å²) in [5.41, 5.74) is 3.81. The van der Waals surface area contributed by atoms with E-state index in [0.29, 0.717) is 25.4 Å². The highest BCUT2D eigenvalue weighted by atomic mass is 16.5. The molecule has 1 aliphatic heterocycles. The Bertz CT molecular complexity index is 859. The van der Waals surface area contributed by atoms with Gasteiger partial charge in [0.25, 0.3) is 0 Å². The summed E-state index contributed by atoms with van der Waals surface area (Å²) >= 11 is 0. The lowest BCUT2D eigenvalue weighted by Gasteiger charge is -2.30. The summed E-state index contributed by atoms with van der Waals surface area (Å²) in [5.74, 6) is 1.49. The lowest BCUT2D eigenvalue weighted by atomic mass is 9.99. The molecule has 0 fully saturated rings. The number of nitrogens with one attached hydrogen (secondary N) is 1. The van der Waals surface area contributed by atoms with Gasteiger partial charge in [0.2, 0.25) is 11.8 Å². The second kappa shape index (κ2) is 9.59. The average molecular weight is 395 g/mol. The molecule has 0 atom stereocenters. The third-order valence-corrected chi connectivity index (χ3v) is 5.09. The monoisotopic (exact) mass is 394 g/mol. The highest BCUT2D eigenvalue weighted by Crippen LogP contribution is 2.31. The zero-order chi connectivity index (χ0) is 20.8. The maximum absolute atomic E-state index is 12.4. The number of anilines is 2. The number of hydrogen-bond donors (Lipinski definition) is 1. The molecule has 2 aromatic carbocycles. The van der Waals surface area contributed by atoms with Gasteiger partial charge in [0.15, 0.2) is 0 Å². The molecule has 0 spiro atoms. The number of amides is 2. The van der Waals surface area contributed by atoms with Crippen molar-refractivity contribution in [3.63, 3.8) is 0 Å².